The van der Waals surface area contributed by atoms with Gasteiger partial charge in [-0.15, -0.1) is 0 Å². The van der Waals surface area contributed by atoms with Crippen molar-refractivity contribution in [2.24, 2.45) is 5.73 Å². The molecule has 2 amide bonds. The number of carbonyl (C=O) groups is 2. The van der Waals surface area contributed by atoms with E-state index >= 15 is 0 Å². The third-order valence-corrected chi connectivity index (χ3v) is 1.92. The molecule has 6 nitrogen and oxygen atoms in total. The van der Waals surface area contributed by atoms with Crippen molar-refractivity contribution < 1.29 is 19.4 Å². The highest BCUT2D eigenvalue weighted by atomic mass is 16.6. The minimum atomic E-state index is -0.787. The number of aliphatic hydroxyl groups is 1. The molecule has 16 heavy (non-hydrogen) atoms. The number of carbonyl (C=O) groups excluding carboxylic acids is 2. The Labute approximate surface area is 95.4 Å². The van der Waals surface area contributed by atoms with E-state index in [0.29, 0.717) is 0 Å². The second-order valence-electron chi connectivity index (χ2n) is 3.47. The minimum Gasteiger partial charge on any atom is -0.449 e. The van der Waals surface area contributed by atoms with E-state index in [9.17, 15) is 9.59 Å². The van der Waals surface area contributed by atoms with E-state index in [1.165, 1.54) is 6.92 Å². The predicted octanol–water partition coefficient (Wildman–Crippen LogP) is 0.0912. The van der Waals surface area contributed by atoms with Gasteiger partial charge in [-0.3, -0.25) is 4.79 Å². The number of nitrogens with two attached hydrogens (primary N) is 1. The molecule has 0 radical (unpaired) electrons. The zero-order chi connectivity index (χ0) is 12.6. The summed E-state index contributed by atoms with van der Waals surface area (Å²) in [5.41, 5.74) is 5.38. The molecule has 0 fully saturated rings. The summed E-state index contributed by atoms with van der Waals surface area (Å²) >= 11 is 0. The van der Waals surface area contributed by atoms with Gasteiger partial charge in [-0.25, -0.2) is 9.69 Å². The average Bonchev–Trinajstić information content (AvgIpc) is 2.25. The molecular weight excluding hydrogens is 212 g/mol. The fraction of sp³-hybridized carbons (Fsp3) is 0.800. The van der Waals surface area contributed by atoms with Gasteiger partial charge in [0.1, 0.15) is 0 Å². The first-order valence-corrected chi connectivity index (χ1v) is 5.39. The summed E-state index contributed by atoms with van der Waals surface area (Å²) in [6.07, 6.45) is 0.893. The van der Waals surface area contributed by atoms with Crippen molar-refractivity contribution in [2.45, 2.75) is 32.7 Å². The molecule has 0 saturated heterocycles. The molecule has 1 unspecified atom stereocenters. The van der Waals surface area contributed by atoms with Crippen molar-refractivity contribution in [3.8, 4) is 0 Å². The summed E-state index contributed by atoms with van der Waals surface area (Å²) in [7, 11) is 0. The smallest absolute Gasteiger partial charge is 0.416 e. The lowest BCUT2D eigenvalue weighted by molar-refractivity contribution is -0.130. The first-order valence-electron chi connectivity index (χ1n) is 5.39. The van der Waals surface area contributed by atoms with Gasteiger partial charge in [0.25, 0.3) is 0 Å². The Morgan fingerprint density at radius 1 is 1.50 bits per heavy atom. The van der Waals surface area contributed by atoms with Gasteiger partial charge in [0.2, 0.25) is 5.91 Å². The van der Waals surface area contributed by atoms with Gasteiger partial charge in [-0.05, 0) is 13.3 Å². The van der Waals surface area contributed by atoms with Gasteiger partial charge in [0.15, 0.2) is 0 Å². The van der Waals surface area contributed by atoms with Crippen molar-refractivity contribution in [1.29, 1.82) is 0 Å². The van der Waals surface area contributed by atoms with Crippen LogP contribution >= 0.6 is 0 Å². The molecule has 0 rings (SSSR count). The van der Waals surface area contributed by atoms with E-state index in [1.54, 1.807) is 0 Å². The van der Waals surface area contributed by atoms with Crippen LogP contribution in [0, 0.1) is 0 Å². The third kappa shape index (κ3) is 5.09. The highest BCUT2D eigenvalue weighted by Crippen LogP contribution is 1.99. The van der Waals surface area contributed by atoms with Gasteiger partial charge in [0, 0.05) is 0 Å². The topological polar surface area (TPSA) is 92.9 Å². The highest BCUT2D eigenvalue weighted by molar-refractivity contribution is 5.94. The second-order valence-corrected chi connectivity index (χ2v) is 3.47. The van der Waals surface area contributed by atoms with Gasteiger partial charge >= 0.3 is 6.09 Å². The van der Waals surface area contributed by atoms with E-state index in [-0.39, 0.29) is 19.8 Å². The van der Waals surface area contributed by atoms with Crippen LogP contribution in [-0.2, 0) is 9.53 Å². The van der Waals surface area contributed by atoms with Gasteiger partial charge in [0.05, 0.1) is 25.8 Å². The maximum atomic E-state index is 11.5. The predicted molar refractivity (Wildman–Crippen MR) is 58.7 cm³/mol. The lowest BCUT2D eigenvalue weighted by Crippen LogP contribution is -2.47. The average molecular weight is 232 g/mol. The van der Waals surface area contributed by atoms with Crippen LogP contribution in [0.3, 0.4) is 0 Å². The van der Waals surface area contributed by atoms with Crippen LogP contribution in [-0.4, -0.2) is 47.8 Å². The molecule has 0 aromatic heterocycles. The Morgan fingerprint density at radius 2 is 2.12 bits per heavy atom. The minimum absolute atomic E-state index is 0.0919. The lowest BCUT2D eigenvalue weighted by Gasteiger charge is -2.20. The largest absolute Gasteiger partial charge is 0.449 e. The zero-order valence-corrected chi connectivity index (χ0v) is 9.81. The van der Waals surface area contributed by atoms with Gasteiger partial charge in [-0.1, -0.05) is 13.3 Å². The van der Waals surface area contributed by atoms with Crippen molar-refractivity contribution in [3.05, 3.63) is 0 Å². The quantitative estimate of drug-likeness (QED) is 0.633. The number of rotatable bonds is 6. The molecule has 0 aromatic carbocycles. The molecule has 0 spiro atoms. The number of ether oxygens (including phenoxy) is 1. The number of nitrogens with zero attached hydrogens (tertiary/aromatic N) is 1. The summed E-state index contributed by atoms with van der Waals surface area (Å²) in [6, 6.07) is -0.787. The van der Waals surface area contributed by atoms with E-state index < -0.39 is 18.0 Å². The van der Waals surface area contributed by atoms with Crippen molar-refractivity contribution >= 4 is 12.0 Å². The Bertz CT molecular complexity index is 231. The van der Waals surface area contributed by atoms with Crippen LogP contribution in [0.5, 0.6) is 0 Å². The Morgan fingerprint density at radius 3 is 2.56 bits per heavy atom. The van der Waals surface area contributed by atoms with Crippen molar-refractivity contribution in [1.82, 2.24) is 4.90 Å². The maximum Gasteiger partial charge on any atom is 0.416 e. The van der Waals surface area contributed by atoms with Gasteiger partial charge in [-0.2, -0.15) is 0 Å². The molecule has 0 aliphatic rings. The first kappa shape index (κ1) is 14.9. The summed E-state index contributed by atoms with van der Waals surface area (Å²) in [6.45, 7) is 3.31. The summed E-state index contributed by atoms with van der Waals surface area (Å²) < 4.78 is 4.87. The molecule has 0 saturated carbocycles. The standard InChI is InChI=1S/C10H20N2O4/c1-3-4-7-16-10(15)12(5-6-13)9(14)8(2)11/h8,13H,3-7,11H2,1-2H3. The first-order chi connectivity index (χ1) is 7.54. The molecule has 0 aliphatic carbocycles. The summed E-state index contributed by atoms with van der Waals surface area (Å²) in [4.78, 5) is 23.8. The molecule has 3 N–H and O–H groups in total. The van der Waals surface area contributed by atoms with E-state index in [1.807, 2.05) is 6.92 Å². The number of unbranched alkanes of at least 4 members (excludes halogenated alkanes) is 1. The molecule has 0 aromatic rings. The van der Waals surface area contributed by atoms with Crippen molar-refractivity contribution in [3.63, 3.8) is 0 Å². The Kier molecular flexibility index (Phi) is 7.49. The van der Waals surface area contributed by atoms with Crippen LogP contribution < -0.4 is 5.73 Å². The fourth-order valence-electron chi connectivity index (χ4n) is 1.02. The van der Waals surface area contributed by atoms with E-state index in [4.69, 9.17) is 15.6 Å². The summed E-state index contributed by atoms with van der Waals surface area (Å²) in [5.74, 6) is -0.546. The highest BCUT2D eigenvalue weighted by Gasteiger charge is 2.24. The van der Waals surface area contributed by atoms with Crippen LogP contribution in [0.4, 0.5) is 4.79 Å². The van der Waals surface area contributed by atoms with Crippen LogP contribution in [0.25, 0.3) is 0 Å². The molecule has 0 bridgehead atoms. The number of amides is 2. The molecule has 6 heteroatoms. The van der Waals surface area contributed by atoms with Crippen LogP contribution in [0.1, 0.15) is 26.7 Å². The summed E-state index contributed by atoms with van der Waals surface area (Å²) in [5, 5.41) is 8.75. The Balaban J connectivity index is 4.29. The number of imide groups is 1. The maximum absolute atomic E-state index is 11.5. The SMILES string of the molecule is CCCCOC(=O)N(CCO)C(=O)C(C)N. The third-order valence-electron chi connectivity index (χ3n) is 1.92. The molecule has 94 valence electrons. The molecule has 0 heterocycles. The van der Waals surface area contributed by atoms with Crippen LogP contribution in [0.15, 0.2) is 0 Å². The van der Waals surface area contributed by atoms with Gasteiger partial charge < -0.3 is 15.6 Å². The normalized spacial score (nSPS) is 12.0. The van der Waals surface area contributed by atoms with E-state index in [2.05, 4.69) is 0 Å². The number of hydrogen-bond acceptors (Lipinski definition) is 5. The number of hydrogen-bond donors (Lipinski definition) is 2. The zero-order valence-electron chi connectivity index (χ0n) is 9.81. The van der Waals surface area contributed by atoms with Crippen LogP contribution in [0.2, 0.25) is 0 Å². The lowest BCUT2D eigenvalue weighted by atomic mass is 10.3. The number of aliphatic hydroxyl groups excluding tert-OH is 1. The second kappa shape index (κ2) is 8.06. The Hall–Kier alpha value is -1.14. The van der Waals surface area contributed by atoms with E-state index in [0.717, 1.165) is 17.7 Å². The monoisotopic (exact) mass is 232 g/mol. The molecule has 0 aliphatic heterocycles. The molecule has 1 atom stereocenters. The van der Waals surface area contributed by atoms with Crippen molar-refractivity contribution in [2.75, 3.05) is 19.8 Å². The fourth-order valence-corrected chi connectivity index (χ4v) is 1.02. The molecular formula is C10H20N2O4.